The number of fused-ring (bicyclic) bond motifs is 3. The predicted octanol–water partition coefficient (Wildman–Crippen LogP) is 1.81. The highest BCUT2D eigenvalue weighted by atomic mass is 16.5. The molecule has 3 aromatic heterocycles. The maximum Gasteiger partial charge on any atom is 0.160 e. The Hall–Kier alpha value is -2.25. The zero-order chi connectivity index (χ0) is 16.6. The van der Waals surface area contributed by atoms with Crippen LogP contribution in [0.25, 0.3) is 21.8 Å². The van der Waals surface area contributed by atoms with Crippen LogP contribution in [-0.2, 0) is 4.74 Å². The molecule has 5 heterocycles. The fraction of sp³-hybridized carbons (Fsp3) is 0.500. The van der Waals surface area contributed by atoms with E-state index in [0.717, 1.165) is 67.0 Å². The summed E-state index contributed by atoms with van der Waals surface area (Å²) in [6.45, 7) is 5.79. The number of rotatable bonds is 2. The molecule has 0 aliphatic carbocycles. The second-order valence-corrected chi connectivity index (χ2v) is 6.89. The summed E-state index contributed by atoms with van der Waals surface area (Å²) in [6, 6.07) is 2.65. The van der Waals surface area contributed by atoms with Crippen LogP contribution in [-0.4, -0.2) is 70.5 Å². The smallest absolute Gasteiger partial charge is 0.160 e. The van der Waals surface area contributed by atoms with Gasteiger partial charge in [0.15, 0.2) is 5.82 Å². The molecule has 0 radical (unpaired) electrons. The Balaban J connectivity index is 1.52. The van der Waals surface area contributed by atoms with Crippen LogP contribution in [0.3, 0.4) is 0 Å². The van der Waals surface area contributed by atoms with Crippen molar-refractivity contribution in [2.24, 2.45) is 0 Å². The van der Waals surface area contributed by atoms with E-state index >= 15 is 0 Å². The average Bonchev–Trinajstić information content (AvgIpc) is 3.17. The monoisotopic (exact) mass is 338 g/mol. The summed E-state index contributed by atoms with van der Waals surface area (Å²) in [5.74, 6) is 0.988. The van der Waals surface area contributed by atoms with Crippen LogP contribution in [0.15, 0.2) is 24.7 Å². The fourth-order valence-corrected chi connectivity index (χ4v) is 4.18. The predicted molar refractivity (Wildman–Crippen MR) is 96.8 cm³/mol. The van der Waals surface area contributed by atoms with Crippen molar-refractivity contribution in [3.05, 3.63) is 24.7 Å². The van der Waals surface area contributed by atoms with Crippen LogP contribution in [0.4, 0.5) is 5.82 Å². The summed E-state index contributed by atoms with van der Waals surface area (Å²) < 4.78 is 5.51. The molecule has 5 rings (SSSR count). The van der Waals surface area contributed by atoms with E-state index < -0.39 is 0 Å². The molecule has 3 aromatic rings. The van der Waals surface area contributed by atoms with Crippen molar-refractivity contribution in [2.45, 2.75) is 18.9 Å². The molecule has 0 bridgehead atoms. The van der Waals surface area contributed by atoms with Gasteiger partial charge in [0.1, 0.15) is 5.65 Å². The van der Waals surface area contributed by atoms with Crippen LogP contribution in [0.5, 0.6) is 0 Å². The fourth-order valence-electron chi connectivity index (χ4n) is 4.18. The number of ether oxygens (including phenoxy) is 1. The molecular weight excluding hydrogens is 316 g/mol. The zero-order valence-corrected chi connectivity index (χ0v) is 14.2. The van der Waals surface area contributed by atoms with Gasteiger partial charge in [0.25, 0.3) is 0 Å². The minimum atomic E-state index is 0.568. The van der Waals surface area contributed by atoms with E-state index in [2.05, 4.69) is 36.0 Å². The van der Waals surface area contributed by atoms with Gasteiger partial charge in [-0.05, 0) is 18.9 Å². The molecule has 2 aliphatic rings. The van der Waals surface area contributed by atoms with E-state index in [-0.39, 0.29) is 0 Å². The quantitative estimate of drug-likeness (QED) is 0.768. The van der Waals surface area contributed by atoms with Crippen molar-refractivity contribution >= 4 is 27.6 Å². The zero-order valence-electron chi connectivity index (χ0n) is 14.2. The Kier molecular flexibility index (Phi) is 3.75. The lowest BCUT2D eigenvalue weighted by Gasteiger charge is -2.41. The number of aromatic nitrogens is 4. The Morgan fingerprint density at radius 3 is 3.00 bits per heavy atom. The second-order valence-electron chi connectivity index (χ2n) is 6.89. The van der Waals surface area contributed by atoms with Gasteiger partial charge in [-0.2, -0.15) is 5.10 Å². The van der Waals surface area contributed by atoms with Gasteiger partial charge in [-0.1, -0.05) is 0 Å². The molecule has 7 nitrogen and oxygen atoms in total. The lowest BCUT2D eigenvalue weighted by molar-refractivity contribution is 0.0137. The molecule has 2 aliphatic heterocycles. The van der Waals surface area contributed by atoms with Gasteiger partial charge in [0.05, 0.1) is 19.4 Å². The van der Waals surface area contributed by atoms with E-state index in [1.54, 1.807) is 0 Å². The number of pyridine rings is 1. The normalized spacial score (nSPS) is 22.7. The molecule has 0 spiro atoms. The first-order valence-electron chi connectivity index (χ1n) is 9.04. The van der Waals surface area contributed by atoms with E-state index in [0.29, 0.717) is 6.04 Å². The summed E-state index contributed by atoms with van der Waals surface area (Å²) in [7, 11) is 0. The first-order valence-corrected chi connectivity index (χ1v) is 9.04. The standard InChI is InChI=1S/C18H22N6O/c1-2-14(23-6-8-25-9-7-23)12-24(5-1)18-16-13(11-21-22-18)10-20-17-15(16)3-4-19-17/h3-4,10-11,14H,1-2,5-9,12H2,(H,19,20). The minimum Gasteiger partial charge on any atom is -0.379 e. The number of hydrogen-bond donors (Lipinski definition) is 1. The highest BCUT2D eigenvalue weighted by Gasteiger charge is 2.28. The van der Waals surface area contributed by atoms with Gasteiger partial charge in [0.2, 0.25) is 0 Å². The Morgan fingerprint density at radius 2 is 2.08 bits per heavy atom. The van der Waals surface area contributed by atoms with Gasteiger partial charge in [-0.15, -0.1) is 5.10 Å². The van der Waals surface area contributed by atoms with E-state index in [4.69, 9.17) is 4.74 Å². The summed E-state index contributed by atoms with van der Waals surface area (Å²) in [6.07, 6.45) is 8.06. The number of H-pyrrole nitrogens is 1. The molecule has 1 unspecified atom stereocenters. The summed E-state index contributed by atoms with van der Waals surface area (Å²) >= 11 is 0. The summed E-state index contributed by atoms with van der Waals surface area (Å²) in [5.41, 5.74) is 0.906. The Labute approximate surface area is 146 Å². The number of morpholine rings is 1. The molecular formula is C18H22N6O. The van der Waals surface area contributed by atoms with Crippen molar-refractivity contribution in [1.82, 2.24) is 25.1 Å². The molecule has 7 heteroatoms. The molecule has 1 N–H and O–H groups in total. The average molecular weight is 338 g/mol. The van der Waals surface area contributed by atoms with Crippen molar-refractivity contribution in [3.63, 3.8) is 0 Å². The molecule has 25 heavy (non-hydrogen) atoms. The van der Waals surface area contributed by atoms with E-state index in [9.17, 15) is 0 Å². The number of nitrogens with one attached hydrogen (secondary N) is 1. The van der Waals surface area contributed by atoms with Crippen molar-refractivity contribution in [1.29, 1.82) is 0 Å². The molecule has 0 aromatic carbocycles. The maximum atomic E-state index is 5.51. The van der Waals surface area contributed by atoms with Gasteiger partial charge >= 0.3 is 0 Å². The Bertz CT molecular complexity index is 888. The van der Waals surface area contributed by atoms with Gasteiger partial charge in [-0.3, -0.25) is 4.90 Å². The summed E-state index contributed by atoms with van der Waals surface area (Å²) in [5, 5.41) is 12.1. The van der Waals surface area contributed by atoms with Gasteiger partial charge in [0, 0.05) is 60.8 Å². The van der Waals surface area contributed by atoms with Crippen LogP contribution in [0.2, 0.25) is 0 Å². The van der Waals surface area contributed by atoms with Crippen molar-refractivity contribution in [3.8, 4) is 0 Å². The highest BCUT2D eigenvalue weighted by molar-refractivity contribution is 6.09. The minimum absolute atomic E-state index is 0.568. The third-order valence-corrected chi connectivity index (χ3v) is 5.45. The number of piperidine rings is 1. The van der Waals surface area contributed by atoms with Crippen molar-refractivity contribution < 1.29 is 4.74 Å². The summed E-state index contributed by atoms with van der Waals surface area (Å²) in [4.78, 5) is 12.7. The lowest BCUT2D eigenvalue weighted by atomic mass is 10.0. The molecule has 2 saturated heterocycles. The number of aromatic amines is 1. The molecule has 0 saturated carbocycles. The first kappa shape index (κ1) is 15.0. The van der Waals surface area contributed by atoms with E-state index in [1.165, 1.54) is 12.8 Å². The SMILES string of the molecule is c1cc2c(ncc3cnnc(N4CCCC(N5CCOCC5)C4)c32)[nH]1. The first-order chi connectivity index (χ1) is 12.4. The van der Waals surface area contributed by atoms with Crippen LogP contribution in [0, 0.1) is 0 Å². The molecule has 0 amide bonds. The van der Waals surface area contributed by atoms with E-state index in [1.807, 2.05) is 18.6 Å². The van der Waals surface area contributed by atoms with Gasteiger partial charge < -0.3 is 14.6 Å². The molecule has 130 valence electrons. The topological polar surface area (TPSA) is 70.2 Å². The van der Waals surface area contributed by atoms with Gasteiger partial charge in [-0.25, -0.2) is 4.98 Å². The Morgan fingerprint density at radius 1 is 1.16 bits per heavy atom. The number of nitrogens with zero attached hydrogens (tertiary/aromatic N) is 5. The third kappa shape index (κ3) is 2.63. The number of hydrogen-bond acceptors (Lipinski definition) is 6. The van der Waals surface area contributed by atoms with Crippen molar-refractivity contribution in [2.75, 3.05) is 44.3 Å². The maximum absolute atomic E-state index is 5.51. The largest absolute Gasteiger partial charge is 0.379 e. The van der Waals surface area contributed by atoms with Crippen LogP contribution >= 0.6 is 0 Å². The number of anilines is 1. The second kappa shape index (κ2) is 6.24. The highest BCUT2D eigenvalue weighted by Crippen LogP contribution is 2.31. The van der Waals surface area contributed by atoms with Crippen LogP contribution in [0.1, 0.15) is 12.8 Å². The molecule has 1 atom stereocenters. The van der Waals surface area contributed by atoms with Crippen LogP contribution < -0.4 is 4.90 Å². The lowest BCUT2D eigenvalue weighted by Crippen LogP contribution is -2.51. The molecule has 2 fully saturated rings. The third-order valence-electron chi connectivity index (χ3n) is 5.45.